The Kier molecular flexibility index (Phi) is 8.97. The fraction of sp³-hybridized carbons (Fsp3) is 0.542. The number of amidine groups is 1. The Hall–Kier alpha value is -3.43. The number of methoxy groups -OCH3 is 1. The summed E-state index contributed by atoms with van der Waals surface area (Å²) >= 11 is 0. The summed E-state index contributed by atoms with van der Waals surface area (Å²) in [4.78, 5) is 55.0. The highest BCUT2D eigenvalue weighted by atomic mass is 16.6. The molecule has 0 spiro atoms. The number of carbonyl (C=O) groups excluding carboxylic acids is 4. The van der Waals surface area contributed by atoms with E-state index in [1.54, 1.807) is 62.3 Å². The minimum absolute atomic E-state index is 0.148. The highest BCUT2D eigenvalue weighted by Gasteiger charge is 2.36. The fourth-order valence-electron chi connectivity index (χ4n) is 2.35. The second kappa shape index (κ2) is 10.7. The summed E-state index contributed by atoms with van der Waals surface area (Å²) in [5.41, 5.74) is -2.46. The summed E-state index contributed by atoms with van der Waals surface area (Å²) < 4.78 is 20.7. The second-order valence-electron chi connectivity index (χ2n) is 10.3. The van der Waals surface area contributed by atoms with E-state index in [4.69, 9.17) is 14.2 Å². The number of benzene rings is 1. The van der Waals surface area contributed by atoms with Gasteiger partial charge in [0.25, 0.3) is 0 Å². The summed E-state index contributed by atoms with van der Waals surface area (Å²) in [7, 11) is 1.23. The molecule has 0 N–H and O–H groups in total. The van der Waals surface area contributed by atoms with Crippen LogP contribution in [0, 0.1) is 0 Å². The molecule has 0 aliphatic carbocycles. The third-order valence-corrected chi connectivity index (χ3v) is 3.52. The van der Waals surface area contributed by atoms with Crippen molar-refractivity contribution in [3.8, 4) is 0 Å². The van der Waals surface area contributed by atoms with E-state index in [-0.39, 0.29) is 11.1 Å². The Labute approximate surface area is 200 Å². The van der Waals surface area contributed by atoms with Gasteiger partial charge in [-0.05, 0) is 74.4 Å². The maximum absolute atomic E-state index is 13.1. The number of esters is 1. The minimum atomic E-state index is -1.11. The third kappa shape index (κ3) is 9.60. The molecule has 3 amide bonds. The molecular weight excluding hydrogens is 444 g/mol. The van der Waals surface area contributed by atoms with Crippen molar-refractivity contribution < 1.29 is 38.1 Å². The smallest absolute Gasteiger partial charge is 0.436 e. The molecule has 1 aromatic rings. The number of hydrogen-bond acceptors (Lipinski definition) is 8. The monoisotopic (exact) mass is 478 g/mol. The van der Waals surface area contributed by atoms with Crippen LogP contribution in [0.15, 0.2) is 29.3 Å². The van der Waals surface area contributed by atoms with Crippen LogP contribution < -0.4 is 0 Å². The normalized spacial score (nSPS) is 12.5. The van der Waals surface area contributed by atoms with E-state index in [2.05, 4.69) is 9.73 Å². The molecule has 0 aliphatic heterocycles. The Morgan fingerprint density at radius 1 is 0.676 bits per heavy atom. The number of nitrogens with zero attached hydrogens (tertiary/aromatic N) is 2. The highest BCUT2D eigenvalue weighted by molar-refractivity contribution is 6.18. The quantitative estimate of drug-likeness (QED) is 0.242. The molecule has 1 aromatic carbocycles. The molecule has 0 saturated heterocycles. The summed E-state index contributed by atoms with van der Waals surface area (Å²) in [6, 6.07) is 5.59. The molecule has 0 atom stereocenters. The maximum atomic E-state index is 13.1. The number of rotatable bonds is 2. The van der Waals surface area contributed by atoms with E-state index in [0.29, 0.717) is 4.90 Å². The van der Waals surface area contributed by atoms with Gasteiger partial charge in [-0.3, -0.25) is 0 Å². The Bertz CT molecular complexity index is 917. The van der Waals surface area contributed by atoms with Gasteiger partial charge in [-0.15, -0.1) is 0 Å². The van der Waals surface area contributed by atoms with Crippen LogP contribution >= 0.6 is 0 Å². The fourth-order valence-corrected chi connectivity index (χ4v) is 2.35. The number of ether oxygens (including phenoxy) is 4. The SMILES string of the molecule is COC(=O)c1ccc(C(=NC(=O)OC(C)(C)C)N(C(=O)OC(C)(C)C)C(=O)OC(C)(C)C)cc1. The van der Waals surface area contributed by atoms with Crippen LogP contribution in [-0.4, -0.2) is 58.9 Å². The summed E-state index contributed by atoms with van der Waals surface area (Å²) in [5, 5.41) is 0. The average Bonchev–Trinajstić information content (AvgIpc) is 2.62. The Morgan fingerprint density at radius 2 is 1.06 bits per heavy atom. The molecule has 0 aromatic heterocycles. The first-order chi connectivity index (χ1) is 15.3. The molecule has 10 nitrogen and oxygen atoms in total. The molecule has 0 unspecified atom stereocenters. The summed E-state index contributed by atoms with van der Waals surface area (Å²) in [5.74, 6) is -0.984. The van der Waals surface area contributed by atoms with Crippen molar-refractivity contribution in [2.24, 2.45) is 4.99 Å². The van der Waals surface area contributed by atoms with Crippen molar-refractivity contribution in [3.05, 3.63) is 35.4 Å². The van der Waals surface area contributed by atoms with E-state index in [1.165, 1.54) is 31.4 Å². The van der Waals surface area contributed by atoms with Gasteiger partial charge in [-0.1, -0.05) is 12.1 Å². The zero-order chi connectivity index (χ0) is 26.5. The lowest BCUT2D eigenvalue weighted by Gasteiger charge is -2.29. The van der Waals surface area contributed by atoms with Crippen molar-refractivity contribution in [1.29, 1.82) is 0 Å². The Balaban J connectivity index is 3.69. The summed E-state index contributed by atoms with van der Waals surface area (Å²) in [6.45, 7) is 14.6. The van der Waals surface area contributed by atoms with E-state index in [0.717, 1.165) is 0 Å². The largest absolute Gasteiger partial charge is 0.465 e. The van der Waals surface area contributed by atoms with Gasteiger partial charge in [0, 0.05) is 5.56 Å². The summed E-state index contributed by atoms with van der Waals surface area (Å²) in [6.07, 6.45) is -3.26. The molecule has 34 heavy (non-hydrogen) atoms. The lowest BCUT2D eigenvalue weighted by atomic mass is 10.1. The van der Waals surface area contributed by atoms with Crippen LogP contribution in [0.25, 0.3) is 0 Å². The van der Waals surface area contributed by atoms with Crippen molar-refractivity contribution in [3.63, 3.8) is 0 Å². The zero-order valence-electron chi connectivity index (χ0n) is 21.5. The first kappa shape index (κ1) is 28.6. The van der Waals surface area contributed by atoms with Gasteiger partial charge in [0.15, 0.2) is 5.84 Å². The van der Waals surface area contributed by atoms with Crippen LogP contribution in [-0.2, 0) is 18.9 Å². The van der Waals surface area contributed by atoms with Crippen molar-refractivity contribution in [2.75, 3.05) is 7.11 Å². The van der Waals surface area contributed by atoms with Gasteiger partial charge in [0.05, 0.1) is 12.7 Å². The first-order valence-electron chi connectivity index (χ1n) is 10.6. The Morgan fingerprint density at radius 3 is 1.41 bits per heavy atom. The number of amides is 3. The number of hydrogen-bond donors (Lipinski definition) is 0. The average molecular weight is 479 g/mol. The molecule has 0 radical (unpaired) electrons. The van der Waals surface area contributed by atoms with Crippen LogP contribution in [0.1, 0.15) is 78.2 Å². The van der Waals surface area contributed by atoms with Crippen molar-refractivity contribution in [2.45, 2.75) is 79.1 Å². The minimum Gasteiger partial charge on any atom is -0.465 e. The van der Waals surface area contributed by atoms with Gasteiger partial charge in [-0.2, -0.15) is 9.89 Å². The lowest BCUT2D eigenvalue weighted by molar-refractivity contribution is 0.0147. The van der Waals surface area contributed by atoms with Crippen LogP contribution in [0.2, 0.25) is 0 Å². The van der Waals surface area contributed by atoms with Crippen LogP contribution in [0.3, 0.4) is 0 Å². The van der Waals surface area contributed by atoms with Gasteiger partial charge in [0.1, 0.15) is 16.8 Å². The van der Waals surface area contributed by atoms with E-state index in [1.807, 2.05) is 0 Å². The molecule has 0 saturated carbocycles. The number of aliphatic imine (C=N–C) groups is 1. The van der Waals surface area contributed by atoms with E-state index < -0.39 is 46.9 Å². The molecule has 188 valence electrons. The highest BCUT2D eigenvalue weighted by Crippen LogP contribution is 2.19. The van der Waals surface area contributed by atoms with Crippen LogP contribution in [0.4, 0.5) is 14.4 Å². The van der Waals surface area contributed by atoms with E-state index >= 15 is 0 Å². The van der Waals surface area contributed by atoms with Gasteiger partial charge in [0.2, 0.25) is 0 Å². The second-order valence-corrected chi connectivity index (χ2v) is 10.3. The molecule has 0 bridgehead atoms. The predicted octanol–water partition coefficient (Wildman–Crippen LogP) is 5.33. The molecule has 0 fully saturated rings. The van der Waals surface area contributed by atoms with Crippen molar-refractivity contribution >= 4 is 30.1 Å². The van der Waals surface area contributed by atoms with Gasteiger partial charge in [-0.25, -0.2) is 19.2 Å². The molecule has 1 rings (SSSR count). The lowest BCUT2D eigenvalue weighted by Crippen LogP contribution is -2.47. The predicted molar refractivity (Wildman–Crippen MR) is 125 cm³/mol. The van der Waals surface area contributed by atoms with Gasteiger partial charge >= 0.3 is 24.2 Å². The maximum Gasteiger partial charge on any atom is 0.436 e. The number of imide groups is 1. The molecule has 10 heteroatoms. The number of carbonyl (C=O) groups is 4. The zero-order valence-corrected chi connectivity index (χ0v) is 21.5. The van der Waals surface area contributed by atoms with E-state index in [9.17, 15) is 19.2 Å². The molecule has 0 aliphatic rings. The third-order valence-electron chi connectivity index (χ3n) is 3.52. The first-order valence-corrected chi connectivity index (χ1v) is 10.6. The topological polar surface area (TPSA) is 121 Å². The van der Waals surface area contributed by atoms with Crippen LogP contribution in [0.5, 0.6) is 0 Å². The van der Waals surface area contributed by atoms with Crippen molar-refractivity contribution in [1.82, 2.24) is 4.90 Å². The molecule has 0 heterocycles. The standard InChI is InChI=1S/C24H34N2O8/c1-22(2,3)32-19(28)25-17(15-11-13-16(14-12-15)18(27)31-10)26(20(29)33-23(4,5)6)21(30)34-24(7,8)9/h11-14H,1-10H3. The molecular formula is C24H34N2O8. The van der Waals surface area contributed by atoms with Gasteiger partial charge < -0.3 is 18.9 Å².